The Labute approximate surface area is 113 Å². The Bertz CT molecular complexity index is 504. The molecule has 0 aromatic heterocycles. The molecular weight excluding hydrogens is 266 g/mol. The van der Waals surface area contributed by atoms with Crippen LogP contribution in [0.3, 0.4) is 0 Å². The van der Waals surface area contributed by atoms with Gasteiger partial charge in [0.05, 0.1) is 4.90 Å². The highest BCUT2D eigenvalue weighted by Gasteiger charge is 2.42. The molecule has 0 heterocycles. The predicted octanol–water partition coefficient (Wildman–Crippen LogP) is 2.56. The minimum atomic E-state index is -3.21. The van der Waals surface area contributed by atoms with Gasteiger partial charge in [0.25, 0.3) is 0 Å². The fourth-order valence-corrected chi connectivity index (χ4v) is 5.12. The molecule has 1 N–H and O–H groups in total. The van der Waals surface area contributed by atoms with E-state index in [9.17, 15) is 8.42 Å². The van der Waals surface area contributed by atoms with E-state index in [0.717, 1.165) is 35.7 Å². The summed E-state index contributed by atoms with van der Waals surface area (Å²) >= 11 is 0. The van der Waals surface area contributed by atoms with Crippen LogP contribution in [0.2, 0.25) is 0 Å². The summed E-state index contributed by atoms with van der Waals surface area (Å²) in [7, 11) is -2.16. The fourth-order valence-electron chi connectivity index (χ4n) is 1.86. The van der Waals surface area contributed by atoms with Gasteiger partial charge in [-0.1, -0.05) is 24.6 Å². The molecule has 1 aliphatic rings. The molecule has 0 spiro atoms. The van der Waals surface area contributed by atoms with E-state index in [4.69, 9.17) is 0 Å². The van der Waals surface area contributed by atoms with Crippen LogP contribution in [0.1, 0.15) is 25.3 Å². The number of aryl methyl sites for hydroxylation is 1. The zero-order valence-electron chi connectivity index (χ0n) is 10.8. The van der Waals surface area contributed by atoms with Gasteiger partial charge in [0.1, 0.15) is 0 Å². The third kappa shape index (κ3) is 3.28. The van der Waals surface area contributed by atoms with Gasteiger partial charge in [-0.25, -0.2) is 8.42 Å². The van der Waals surface area contributed by atoms with Crippen molar-refractivity contribution >= 4 is 19.7 Å². The van der Waals surface area contributed by atoms with E-state index in [1.165, 1.54) is 0 Å². The second-order valence-electron chi connectivity index (χ2n) is 4.84. The van der Waals surface area contributed by atoms with Crippen LogP contribution in [-0.4, -0.2) is 26.3 Å². The van der Waals surface area contributed by atoms with Crippen molar-refractivity contribution in [2.45, 2.75) is 37.1 Å². The highest BCUT2D eigenvalue weighted by molar-refractivity contribution is 8.72. The minimum absolute atomic E-state index is 0.0667. The Kier molecular flexibility index (Phi) is 4.04. The maximum atomic E-state index is 12.2. The number of hydrogen-bond acceptors (Lipinski definition) is 4. The van der Waals surface area contributed by atoms with E-state index in [1.54, 1.807) is 12.1 Å². The fraction of sp³-hybridized carbons (Fsp3) is 0.538. The van der Waals surface area contributed by atoms with Gasteiger partial charge in [-0.3, -0.25) is 0 Å². The van der Waals surface area contributed by atoms with Crippen LogP contribution in [0.4, 0.5) is 0 Å². The van der Waals surface area contributed by atoms with Crippen molar-refractivity contribution in [3.8, 4) is 0 Å². The van der Waals surface area contributed by atoms with Gasteiger partial charge in [-0.2, -0.15) is 0 Å². The molecule has 1 saturated carbocycles. The van der Waals surface area contributed by atoms with Crippen LogP contribution >= 0.6 is 10.8 Å². The summed E-state index contributed by atoms with van der Waals surface area (Å²) < 4.78 is 24.3. The van der Waals surface area contributed by atoms with Gasteiger partial charge in [0, 0.05) is 11.3 Å². The number of hydrogen-bond donors (Lipinski definition) is 1. The molecule has 1 aliphatic carbocycles. The predicted molar refractivity (Wildman–Crippen MR) is 76.5 cm³/mol. The first-order chi connectivity index (χ1) is 8.47. The van der Waals surface area contributed by atoms with E-state index in [2.05, 4.69) is 12.2 Å². The molecule has 0 aliphatic heterocycles. The third-order valence-electron chi connectivity index (χ3n) is 3.21. The first kappa shape index (κ1) is 13.9. The zero-order chi connectivity index (χ0) is 13.2. The van der Waals surface area contributed by atoms with Crippen molar-refractivity contribution in [3.05, 3.63) is 29.8 Å². The molecule has 0 saturated heterocycles. The Morgan fingerprint density at radius 1 is 1.28 bits per heavy atom. The molecule has 0 atom stereocenters. The summed E-state index contributed by atoms with van der Waals surface area (Å²) in [5, 5.41) is 3.38. The largest absolute Gasteiger partial charge is 0.311 e. The van der Waals surface area contributed by atoms with E-state index < -0.39 is 8.87 Å². The highest BCUT2D eigenvalue weighted by Crippen LogP contribution is 2.40. The van der Waals surface area contributed by atoms with Gasteiger partial charge >= 0.3 is 0 Å². The summed E-state index contributed by atoms with van der Waals surface area (Å²) in [6.07, 6.45) is 2.16. The van der Waals surface area contributed by atoms with E-state index in [-0.39, 0.29) is 5.54 Å². The standard InChI is InChI=1S/C13H19NO2S2/c1-3-14-13(8-9-13)10-17-18(15,16)12-6-4-11(2)5-7-12/h4-7,14H,3,8-10H2,1-2H3. The first-order valence-corrected chi connectivity index (χ1v) is 9.17. The third-order valence-corrected chi connectivity index (χ3v) is 6.90. The van der Waals surface area contributed by atoms with Gasteiger partial charge in [-0.05, 0) is 49.2 Å². The van der Waals surface area contributed by atoms with Gasteiger partial charge in [-0.15, -0.1) is 0 Å². The lowest BCUT2D eigenvalue weighted by Crippen LogP contribution is -2.33. The van der Waals surface area contributed by atoms with E-state index in [0.29, 0.717) is 10.6 Å². The summed E-state index contributed by atoms with van der Waals surface area (Å²) in [6.45, 7) is 4.90. The second-order valence-corrected chi connectivity index (χ2v) is 8.77. The molecule has 18 heavy (non-hydrogen) atoms. The van der Waals surface area contributed by atoms with Gasteiger partial charge in [0.15, 0.2) is 0 Å². The normalized spacial score (nSPS) is 17.7. The zero-order valence-corrected chi connectivity index (χ0v) is 12.4. The Hall–Kier alpha value is -0.520. The van der Waals surface area contributed by atoms with E-state index in [1.807, 2.05) is 19.1 Å². The summed E-state index contributed by atoms with van der Waals surface area (Å²) in [5.41, 5.74) is 1.14. The SMILES string of the molecule is CCNC1(CSS(=O)(=O)c2ccc(C)cc2)CC1. The Morgan fingerprint density at radius 2 is 1.89 bits per heavy atom. The number of nitrogens with one attached hydrogen (secondary N) is 1. The molecule has 1 aromatic carbocycles. The van der Waals surface area contributed by atoms with Crippen LogP contribution < -0.4 is 5.32 Å². The van der Waals surface area contributed by atoms with Crippen LogP contribution in [0.15, 0.2) is 29.2 Å². The second kappa shape index (κ2) is 5.23. The summed E-state index contributed by atoms with van der Waals surface area (Å²) in [6, 6.07) is 7.05. The number of benzene rings is 1. The summed E-state index contributed by atoms with van der Waals surface area (Å²) in [4.78, 5) is 0.408. The van der Waals surface area contributed by atoms with Crippen molar-refractivity contribution in [2.75, 3.05) is 12.3 Å². The Balaban J connectivity index is 2.02. The van der Waals surface area contributed by atoms with Crippen LogP contribution in [0.5, 0.6) is 0 Å². The molecule has 1 fully saturated rings. The Morgan fingerprint density at radius 3 is 2.39 bits per heavy atom. The molecule has 2 rings (SSSR count). The maximum absolute atomic E-state index is 12.2. The topological polar surface area (TPSA) is 46.2 Å². The minimum Gasteiger partial charge on any atom is -0.311 e. The van der Waals surface area contributed by atoms with Crippen molar-refractivity contribution in [2.24, 2.45) is 0 Å². The van der Waals surface area contributed by atoms with Crippen molar-refractivity contribution < 1.29 is 8.42 Å². The molecule has 0 unspecified atom stereocenters. The van der Waals surface area contributed by atoms with Crippen molar-refractivity contribution in [1.29, 1.82) is 0 Å². The van der Waals surface area contributed by atoms with E-state index >= 15 is 0 Å². The van der Waals surface area contributed by atoms with Gasteiger partial charge in [0.2, 0.25) is 8.87 Å². The lowest BCUT2D eigenvalue weighted by Gasteiger charge is -2.15. The molecule has 0 amide bonds. The molecule has 5 heteroatoms. The van der Waals surface area contributed by atoms with Crippen LogP contribution in [0, 0.1) is 6.92 Å². The average molecular weight is 285 g/mol. The molecular formula is C13H19NO2S2. The van der Waals surface area contributed by atoms with Crippen LogP contribution in [-0.2, 0) is 8.87 Å². The van der Waals surface area contributed by atoms with Crippen LogP contribution in [0.25, 0.3) is 0 Å². The van der Waals surface area contributed by atoms with Gasteiger partial charge < -0.3 is 5.32 Å². The quantitative estimate of drug-likeness (QED) is 0.816. The monoisotopic (exact) mass is 285 g/mol. The molecule has 0 bridgehead atoms. The van der Waals surface area contributed by atoms with Crippen molar-refractivity contribution in [3.63, 3.8) is 0 Å². The smallest absolute Gasteiger partial charge is 0.230 e. The highest BCUT2D eigenvalue weighted by atomic mass is 33.1. The molecule has 100 valence electrons. The maximum Gasteiger partial charge on any atom is 0.230 e. The lowest BCUT2D eigenvalue weighted by molar-refractivity contribution is 0.567. The molecule has 0 radical (unpaired) electrons. The average Bonchev–Trinajstić information content (AvgIpc) is 3.08. The lowest BCUT2D eigenvalue weighted by atomic mass is 10.2. The molecule has 3 nitrogen and oxygen atoms in total. The molecule has 1 aromatic rings. The summed E-state index contributed by atoms with van der Waals surface area (Å²) in [5.74, 6) is 0.636. The number of rotatable bonds is 6. The first-order valence-electron chi connectivity index (χ1n) is 6.19. The van der Waals surface area contributed by atoms with Crippen molar-refractivity contribution in [1.82, 2.24) is 5.32 Å².